The predicted molar refractivity (Wildman–Crippen MR) is 77.7 cm³/mol. The number of aryl methyl sites for hydroxylation is 1. The molecule has 1 amide bonds. The molecule has 0 atom stereocenters. The summed E-state index contributed by atoms with van der Waals surface area (Å²) in [5.74, 6) is -1.63. The average molecular weight is 290 g/mol. The van der Waals surface area contributed by atoms with Crippen LogP contribution in [0.3, 0.4) is 0 Å². The number of carbonyl (C=O) groups is 1. The van der Waals surface area contributed by atoms with Crippen molar-refractivity contribution >= 4 is 11.6 Å². The molecule has 0 fully saturated rings. The number of hydrogen-bond donors (Lipinski definition) is 1. The van der Waals surface area contributed by atoms with Crippen LogP contribution in [0.25, 0.3) is 0 Å². The van der Waals surface area contributed by atoms with Crippen molar-refractivity contribution in [1.29, 1.82) is 0 Å². The fourth-order valence-corrected chi connectivity index (χ4v) is 2.04. The fraction of sp³-hybridized carbons (Fsp3) is 0.188. The second kappa shape index (κ2) is 5.91. The van der Waals surface area contributed by atoms with Gasteiger partial charge in [0.05, 0.1) is 5.56 Å². The molecular weight excluding hydrogens is 274 g/mol. The Bertz CT molecular complexity index is 686. The van der Waals surface area contributed by atoms with Gasteiger partial charge < -0.3 is 10.6 Å². The number of halogens is 2. The molecule has 0 aliphatic heterocycles. The minimum atomic E-state index is -0.674. The van der Waals surface area contributed by atoms with E-state index in [9.17, 15) is 13.6 Å². The average Bonchev–Trinajstić information content (AvgIpc) is 2.43. The smallest absolute Gasteiger partial charge is 0.255 e. The molecule has 3 nitrogen and oxygen atoms in total. The Labute approximate surface area is 122 Å². The van der Waals surface area contributed by atoms with Crippen LogP contribution in [-0.4, -0.2) is 17.9 Å². The van der Waals surface area contributed by atoms with Gasteiger partial charge in [0.15, 0.2) is 0 Å². The van der Waals surface area contributed by atoms with Crippen LogP contribution in [0.2, 0.25) is 0 Å². The molecule has 0 saturated heterocycles. The number of nitrogens with two attached hydrogens (primary N) is 1. The first kappa shape index (κ1) is 15.0. The molecule has 0 aromatic heterocycles. The molecule has 0 aliphatic rings. The lowest BCUT2D eigenvalue weighted by Gasteiger charge is -2.19. The Balaban J connectivity index is 2.21. The van der Waals surface area contributed by atoms with Gasteiger partial charge in [-0.1, -0.05) is 17.7 Å². The highest BCUT2D eigenvalue weighted by molar-refractivity contribution is 5.99. The molecule has 2 N–H and O–H groups in total. The van der Waals surface area contributed by atoms with Gasteiger partial charge in [0.25, 0.3) is 5.91 Å². The highest BCUT2D eigenvalue weighted by Gasteiger charge is 2.16. The summed E-state index contributed by atoms with van der Waals surface area (Å²) < 4.78 is 26.5. The van der Waals surface area contributed by atoms with Crippen molar-refractivity contribution in [2.24, 2.45) is 0 Å². The van der Waals surface area contributed by atoms with Crippen LogP contribution in [0.15, 0.2) is 36.4 Å². The topological polar surface area (TPSA) is 46.3 Å². The first-order chi connectivity index (χ1) is 9.88. The van der Waals surface area contributed by atoms with E-state index in [1.54, 1.807) is 19.2 Å². The lowest BCUT2D eigenvalue weighted by Crippen LogP contribution is -2.27. The molecule has 0 spiro atoms. The van der Waals surface area contributed by atoms with Gasteiger partial charge in [0, 0.05) is 30.9 Å². The summed E-state index contributed by atoms with van der Waals surface area (Å²) in [6, 6.07) is 8.45. The summed E-state index contributed by atoms with van der Waals surface area (Å²) in [5, 5.41) is 0. The van der Waals surface area contributed by atoms with Crippen LogP contribution in [0.1, 0.15) is 21.5 Å². The van der Waals surface area contributed by atoms with E-state index in [4.69, 9.17) is 5.73 Å². The molecule has 2 rings (SSSR count). The Hall–Kier alpha value is -2.43. The van der Waals surface area contributed by atoms with Gasteiger partial charge in [-0.05, 0) is 25.1 Å². The van der Waals surface area contributed by atoms with Gasteiger partial charge in [0.2, 0.25) is 0 Å². The van der Waals surface area contributed by atoms with Gasteiger partial charge >= 0.3 is 0 Å². The van der Waals surface area contributed by atoms with Crippen molar-refractivity contribution in [2.45, 2.75) is 13.5 Å². The molecule has 0 heterocycles. The van der Waals surface area contributed by atoms with E-state index in [1.807, 2.05) is 13.0 Å². The van der Waals surface area contributed by atoms with E-state index in [1.165, 1.54) is 11.0 Å². The number of hydrogen-bond acceptors (Lipinski definition) is 2. The van der Waals surface area contributed by atoms with Gasteiger partial charge in [0.1, 0.15) is 11.6 Å². The van der Waals surface area contributed by atoms with Gasteiger partial charge in [-0.3, -0.25) is 4.79 Å². The molecule has 0 saturated carbocycles. The van der Waals surface area contributed by atoms with Crippen LogP contribution in [0, 0.1) is 18.6 Å². The molecule has 0 bridgehead atoms. The molecule has 0 radical (unpaired) electrons. The Morgan fingerprint density at radius 1 is 1.19 bits per heavy atom. The molecular formula is C16H16F2N2O. The number of nitrogens with zero attached hydrogens (tertiary/aromatic N) is 1. The summed E-state index contributed by atoms with van der Waals surface area (Å²) in [4.78, 5) is 13.7. The first-order valence-corrected chi connectivity index (χ1v) is 6.44. The van der Waals surface area contributed by atoms with Crippen LogP contribution < -0.4 is 5.73 Å². The summed E-state index contributed by atoms with van der Waals surface area (Å²) in [6.07, 6.45) is 0. The SMILES string of the molecule is Cc1ccc(N)c(C(=O)N(C)Cc2ccc(F)cc2F)c1. The summed E-state index contributed by atoms with van der Waals surface area (Å²) >= 11 is 0. The Kier molecular flexibility index (Phi) is 4.21. The largest absolute Gasteiger partial charge is 0.398 e. The maximum atomic E-state index is 13.6. The molecule has 110 valence electrons. The molecule has 2 aromatic carbocycles. The zero-order valence-corrected chi connectivity index (χ0v) is 11.9. The molecule has 21 heavy (non-hydrogen) atoms. The van der Waals surface area contributed by atoms with Gasteiger partial charge in [-0.2, -0.15) is 0 Å². The summed E-state index contributed by atoms with van der Waals surface area (Å²) in [5.41, 5.74) is 7.71. The third kappa shape index (κ3) is 3.37. The molecule has 5 heteroatoms. The first-order valence-electron chi connectivity index (χ1n) is 6.44. The van der Waals surface area contributed by atoms with E-state index in [0.717, 1.165) is 17.7 Å². The van der Waals surface area contributed by atoms with Crippen molar-refractivity contribution in [3.63, 3.8) is 0 Å². The van der Waals surface area contributed by atoms with E-state index in [0.29, 0.717) is 11.3 Å². The monoisotopic (exact) mass is 290 g/mol. The minimum Gasteiger partial charge on any atom is -0.398 e. The van der Waals surface area contributed by atoms with Crippen molar-refractivity contribution in [2.75, 3.05) is 12.8 Å². The summed E-state index contributed by atoms with van der Waals surface area (Å²) in [6.45, 7) is 1.90. The Morgan fingerprint density at radius 2 is 1.90 bits per heavy atom. The second-order valence-corrected chi connectivity index (χ2v) is 4.99. The van der Waals surface area contributed by atoms with Crippen molar-refractivity contribution in [1.82, 2.24) is 4.90 Å². The van der Waals surface area contributed by atoms with Crippen LogP contribution in [0.5, 0.6) is 0 Å². The number of nitrogen functional groups attached to an aromatic ring is 1. The lowest BCUT2D eigenvalue weighted by atomic mass is 10.1. The second-order valence-electron chi connectivity index (χ2n) is 4.99. The van der Waals surface area contributed by atoms with E-state index >= 15 is 0 Å². The van der Waals surface area contributed by atoms with Gasteiger partial charge in [-0.25, -0.2) is 8.78 Å². The maximum absolute atomic E-state index is 13.6. The van der Waals surface area contributed by atoms with Gasteiger partial charge in [-0.15, -0.1) is 0 Å². The highest BCUT2D eigenvalue weighted by atomic mass is 19.1. The van der Waals surface area contributed by atoms with Crippen molar-refractivity contribution in [3.05, 3.63) is 64.7 Å². The number of anilines is 1. The minimum absolute atomic E-state index is 0.0400. The number of rotatable bonds is 3. The van der Waals surface area contributed by atoms with Crippen molar-refractivity contribution < 1.29 is 13.6 Å². The van der Waals surface area contributed by atoms with E-state index in [2.05, 4.69) is 0 Å². The maximum Gasteiger partial charge on any atom is 0.255 e. The Morgan fingerprint density at radius 3 is 2.57 bits per heavy atom. The number of benzene rings is 2. The fourth-order valence-electron chi connectivity index (χ4n) is 2.04. The lowest BCUT2D eigenvalue weighted by molar-refractivity contribution is 0.0785. The number of carbonyl (C=O) groups excluding carboxylic acids is 1. The predicted octanol–water partition coefficient (Wildman–Crippen LogP) is 3.13. The molecule has 2 aromatic rings. The standard InChI is InChI=1S/C16H16F2N2O/c1-10-3-6-15(19)13(7-10)16(21)20(2)9-11-4-5-12(17)8-14(11)18/h3-8H,9,19H2,1-2H3. The van der Waals surface area contributed by atoms with E-state index in [-0.39, 0.29) is 18.0 Å². The quantitative estimate of drug-likeness (QED) is 0.883. The zero-order chi connectivity index (χ0) is 15.6. The third-order valence-corrected chi connectivity index (χ3v) is 3.21. The van der Waals surface area contributed by atoms with Crippen LogP contribution in [0.4, 0.5) is 14.5 Å². The highest BCUT2D eigenvalue weighted by Crippen LogP contribution is 2.18. The van der Waals surface area contributed by atoms with Crippen molar-refractivity contribution in [3.8, 4) is 0 Å². The van der Waals surface area contributed by atoms with Crippen LogP contribution >= 0.6 is 0 Å². The van der Waals surface area contributed by atoms with E-state index < -0.39 is 11.6 Å². The normalized spacial score (nSPS) is 10.5. The number of amides is 1. The zero-order valence-electron chi connectivity index (χ0n) is 11.9. The molecule has 0 aliphatic carbocycles. The summed E-state index contributed by atoms with van der Waals surface area (Å²) in [7, 11) is 1.55. The third-order valence-electron chi connectivity index (χ3n) is 3.21. The molecule has 0 unspecified atom stereocenters. The van der Waals surface area contributed by atoms with Crippen LogP contribution in [-0.2, 0) is 6.54 Å².